The van der Waals surface area contributed by atoms with E-state index in [4.69, 9.17) is 9.47 Å². The van der Waals surface area contributed by atoms with Gasteiger partial charge in [-0.05, 0) is 50.2 Å². The van der Waals surface area contributed by atoms with E-state index in [0.29, 0.717) is 17.2 Å². The lowest BCUT2D eigenvalue weighted by molar-refractivity contribution is -0.120. The molecule has 0 aromatic heterocycles. The van der Waals surface area contributed by atoms with Crippen LogP contribution in [0.15, 0.2) is 48.5 Å². The topological polar surface area (TPSA) is 84.9 Å². The Morgan fingerprint density at radius 2 is 1.64 bits per heavy atom. The number of methoxy groups -OCH3 is 1. The van der Waals surface area contributed by atoms with Crippen LogP contribution < -0.4 is 19.1 Å². The summed E-state index contributed by atoms with van der Waals surface area (Å²) in [7, 11) is -2.10. The van der Waals surface area contributed by atoms with Gasteiger partial charge in [0.15, 0.2) is 0 Å². The van der Waals surface area contributed by atoms with E-state index in [9.17, 15) is 13.2 Å². The summed E-state index contributed by atoms with van der Waals surface area (Å²) in [6, 6.07) is 13.8. The minimum atomic E-state index is -3.63. The van der Waals surface area contributed by atoms with Crippen molar-refractivity contribution >= 4 is 21.6 Å². The number of sulfonamides is 1. The third-order valence-corrected chi connectivity index (χ3v) is 5.12. The molecule has 1 amide bonds. The van der Waals surface area contributed by atoms with E-state index in [1.165, 1.54) is 7.11 Å². The Morgan fingerprint density at radius 3 is 2.18 bits per heavy atom. The van der Waals surface area contributed by atoms with Crippen LogP contribution in [0.2, 0.25) is 0 Å². The van der Waals surface area contributed by atoms with Crippen molar-refractivity contribution in [3.8, 4) is 11.5 Å². The van der Waals surface area contributed by atoms with E-state index in [-0.39, 0.29) is 19.2 Å². The van der Waals surface area contributed by atoms with Crippen LogP contribution in [-0.4, -0.2) is 46.9 Å². The Morgan fingerprint density at radius 1 is 1.07 bits per heavy atom. The molecule has 7 nitrogen and oxygen atoms in total. The van der Waals surface area contributed by atoms with Crippen molar-refractivity contribution in [3.05, 3.63) is 54.1 Å². The first-order valence-electron chi connectivity index (χ1n) is 8.79. The second-order valence-corrected chi connectivity index (χ2v) is 8.47. The van der Waals surface area contributed by atoms with Gasteiger partial charge in [0.05, 0.1) is 25.1 Å². The zero-order chi connectivity index (χ0) is 20.7. The molecule has 2 aromatic carbocycles. The summed E-state index contributed by atoms with van der Waals surface area (Å²) in [5.41, 5.74) is 1.52. The van der Waals surface area contributed by atoms with Gasteiger partial charge in [-0.25, -0.2) is 8.42 Å². The molecule has 1 atom stereocenters. The molecule has 2 rings (SSSR count). The molecular weight excluding hydrogens is 380 g/mol. The van der Waals surface area contributed by atoms with Crippen LogP contribution in [0.5, 0.6) is 11.5 Å². The van der Waals surface area contributed by atoms with Crippen molar-refractivity contribution in [2.75, 3.05) is 30.8 Å². The molecule has 0 saturated heterocycles. The van der Waals surface area contributed by atoms with Gasteiger partial charge in [-0.3, -0.25) is 9.10 Å². The average molecular weight is 407 g/mol. The van der Waals surface area contributed by atoms with E-state index in [0.717, 1.165) is 16.1 Å². The molecule has 0 bridgehead atoms. The molecule has 0 fully saturated rings. The number of carbonyl (C=O) groups excluding carboxylic acids is 1. The Bertz CT molecular complexity index is 880. The minimum absolute atomic E-state index is 0.274. The molecular formula is C20H26N2O5S. The van der Waals surface area contributed by atoms with E-state index in [1.54, 1.807) is 31.2 Å². The number of anilines is 1. The number of carbonyl (C=O) groups is 1. The first-order valence-corrected chi connectivity index (χ1v) is 10.6. The Hall–Kier alpha value is -2.74. The van der Waals surface area contributed by atoms with Crippen LogP contribution in [0, 0.1) is 6.92 Å². The number of rotatable bonds is 9. The molecule has 0 unspecified atom stereocenters. The second-order valence-electron chi connectivity index (χ2n) is 6.56. The van der Waals surface area contributed by atoms with Crippen molar-refractivity contribution in [1.82, 2.24) is 5.32 Å². The Balaban J connectivity index is 1.95. The minimum Gasteiger partial charge on any atom is -0.497 e. The number of benzene rings is 2. The highest BCUT2D eigenvalue weighted by molar-refractivity contribution is 7.92. The van der Waals surface area contributed by atoms with Gasteiger partial charge >= 0.3 is 0 Å². The molecule has 0 aliphatic heterocycles. The summed E-state index contributed by atoms with van der Waals surface area (Å²) in [6.07, 6.45) is 1.06. The van der Waals surface area contributed by atoms with Crippen LogP contribution >= 0.6 is 0 Å². The van der Waals surface area contributed by atoms with Crippen LogP contribution in [-0.2, 0) is 14.8 Å². The molecule has 152 valence electrons. The lowest BCUT2D eigenvalue weighted by Gasteiger charge is -2.23. The van der Waals surface area contributed by atoms with Gasteiger partial charge in [-0.2, -0.15) is 0 Å². The number of aryl methyl sites for hydroxylation is 1. The third kappa shape index (κ3) is 6.45. The predicted molar refractivity (Wildman–Crippen MR) is 109 cm³/mol. The first-order chi connectivity index (χ1) is 13.2. The summed E-state index contributed by atoms with van der Waals surface area (Å²) in [6.45, 7) is 3.74. The van der Waals surface area contributed by atoms with Crippen LogP contribution in [0.1, 0.15) is 12.5 Å². The zero-order valence-electron chi connectivity index (χ0n) is 16.5. The lowest BCUT2D eigenvalue weighted by Crippen LogP contribution is -2.44. The molecule has 1 N–H and O–H groups in total. The van der Waals surface area contributed by atoms with Crippen molar-refractivity contribution in [2.24, 2.45) is 0 Å². The van der Waals surface area contributed by atoms with E-state index < -0.39 is 15.9 Å². The molecule has 0 heterocycles. The van der Waals surface area contributed by atoms with Gasteiger partial charge in [0, 0.05) is 0 Å². The second kappa shape index (κ2) is 9.45. The Kier molecular flexibility index (Phi) is 7.28. The largest absolute Gasteiger partial charge is 0.497 e. The number of ether oxygens (including phenoxy) is 2. The zero-order valence-corrected chi connectivity index (χ0v) is 17.3. The van der Waals surface area contributed by atoms with Gasteiger partial charge in [-0.15, -0.1) is 0 Å². The van der Waals surface area contributed by atoms with Crippen LogP contribution in [0.3, 0.4) is 0 Å². The number of nitrogens with zero attached hydrogens (tertiary/aromatic N) is 1. The summed E-state index contributed by atoms with van der Waals surface area (Å²) in [4.78, 5) is 12.4. The normalized spacial score (nSPS) is 12.1. The summed E-state index contributed by atoms with van der Waals surface area (Å²) in [5.74, 6) is 0.896. The molecule has 28 heavy (non-hydrogen) atoms. The highest BCUT2D eigenvalue weighted by Crippen LogP contribution is 2.21. The van der Waals surface area contributed by atoms with Gasteiger partial charge in [0.25, 0.3) is 0 Å². The number of hydrogen-bond acceptors (Lipinski definition) is 5. The van der Waals surface area contributed by atoms with Crippen molar-refractivity contribution < 1.29 is 22.7 Å². The van der Waals surface area contributed by atoms with Crippen LogP contribution in [0.25, 0.3) is 0 Å². The lowest BCUT2D eigenvalue weighted by atomic mass is 10.2. The SMILES string of the molecule is COc1ccc(N(CC(=O)N[C@H](C)COc2ccc(C)cc2)S(C)(=O)=O)cc1. The molecule has 0 radical (unpaired) electrons. The maximum Gasteiger partial charge on any atom is 0.241 e. The molecule has 8 heteroatoms. The van der Waals surface area contributed by atoms with Crippen molar-refractivity contribution in [2.45, 2.75) is 19.9 Å². The highest BCUT2D eigenvalue weighted by Gasteiger charge is 2.21. The quantitative estimate of drug-likeness (QED) is 0.691. The van der Waals surface area contributed by atoms with Crippen molar-refractivity contribution in [1.29, 1.82) is 0 Å². The van der Waals surface area contributed by atoms with Gasteiger partial charge in [0.1, 0.15) is 24.7 Å². The first kappa shape index (κ1) is 21.6. The number of amides is 1. The highest BCUT2D eigenvalue weighted by atomic mass is 32.2. The van der Waals surface area contributed by atoms with Gasteiger partial charge in [-0.1, -0.05) is 17.7 Å². The number of hydrogen-bond donors (Lipinski definition) is 1. The summed E-state index contributed by atoms with van der Waals surface area (Å²) in [5, 5.41) is 2.76. The van der Waals surface area contributed by atoms with E-state index in [1.807, 2.05) is 31.2 Å². The maximum absolute atomic E-state index is 12.4. The summed E-state index contributed by atoms with van der Waals surface area (Å²) < 4.78 is 36.0. The number of nitrogens with one attached hydrogen (secondary N) is 1. The third-order valence-electron chi connectivity index (χ3n) is 3.98. The fourth-order valence-corrected chi connectivity index (χ4v) is 3.35. The molecule has 0 aliphatic rings. The maximum atomic E-state index is 12.4. The smallest absolute Gasteiger partial charge is 0.241 e. The predicted octanol–water partition coefficient (Wildman–Crippen LogP) is 2.35. The van der Waals surface area contributed by atoms with Crippen LogP contribution in [0.4, 0.5) is 5.69 Å². The van der Waals surface area contributed by atoms with Gasteiger partial charge in [0.2, 0.25) is 15.9 Å². The standard InChI is InChI=1S/C20H26N2O5S/c1-15-5-9-19(10-6-15)27-14-16(2)21-20(23)13-22(28(4,24)25)17-7-11-18(26-3)12-8-17/h5-12,16H,13-14H2,1-4H3,(H,21,23)/t16-/m1/s1. The molecule has 0 spiro atoms. The van der Waals surface area contributed by atoms with Gasteiger partial charge < -0.3 is 14.8 Å². The van der Waals surface area contributed by atoms with Crippen molar-refractivity contribution in [3.63, 3.8) is 0 Å². The fraction of sp³-hybridized carbons (Fsp3) is 0.350. The molecule has 0 aliphatic carbocycles. The van der Waals surface area contributed by atoms with E-state index >= 15 is 0 Å². The molecule has 0 saturated carbocycles. The Labute approximate surface area is 166 Å². The molecule has 2 aromatic rings. The fourth-order valence-electron chi connectivity index (χ4n) is 2.50. The van der Waals surface area contributed by atoms with E-state index in [2.05, 4.69) is 5.32 Å². The average Bonchev–Trinajstić information content (AvgIpc) is 2.65. The monoisotopic (exact) mass is 406 g/mol. The summed E-state index contributed by atoms with van der Waals surface area (Å²) >= 11 is 0.